The highest BCUT2D eigenvalue weighted by Gasteiger charge is 2.03. The standard InChI is InChI=1S/C16H16N6O2/c1-24-9-16(23)21-13-4-2-12(3-5-13)20-14-8-15(19-10-18-14)22-7-6-17-11-22/h2-8,10-11H,9H2,1H3,(H,21,23)(H,18,19,20). The molecule has 0 unspecified atom stereocenters. The van der Waals surface area contributed by atoms with Crippen LogP contribution < -0.4 is 10.6 Å². The van der Waals surface area contributed by atoms with Gasteiger partial charge in [-0.25, -0.2) is 15.0 Å². The zero-order chi connectivity index (χ0) is 16.8. The molecule has 24 heavy (non-hydrogen) atoms. The number of nitrogens with zero attached hydrogens (tertiary/aromatic N) is 4. The fourth-order valence-electron chi connectivity index (χ4n) is 2.06. The Kier molecular flexibility index (Phi) is 4.78. The van der Waals surface area contributed by atoms with Crippen LogP contribution in [0.2, 0.25) is 0 Å². The van der Waals surface area contributed by atoms with Crippen LogP contribution in [0, 0.1) is 0 Å². The first-order valence-corrected chi connectivity index (χ1v) is 7.21. The van der Waals surface area contributed by atoms with Crippen LogP contribution in [-0.4, -0.2) is 39.1 Å². The summed E-state index contributed by atoms with van der Waals surface area (Å²) in [6, 6.07) is 9.11. The van der Waals surface area contributed by atoms with E-state index in [2.05, 4.69) is 25.6 Å². The number of hydrogen-bond acceptors (Lipinski definition) is 6. The second kappa shape index (κ2) is 7.34. The molecule has 0 saturated heterocycles. The van der Waals surface area contributed by atoms with Gasteiger partial charge in [-0.15, -0.1) is 0 Å². The van der Waals surface area contributed by atoms with Crippen LogP contribution in [0.15, 0.2) is 55.4 Å². The average Bonchev–Trinajstić information content (AvgIpc) is 3.12. The summed E-state index contributed by atoms with van der Waals surface area (Å²) >= 11 is 0. The molecule has 0 saturated carbocycles. The molecule has 1 amide bonds. The summed E-state index contributed by atoms with van der Waals surface area (Å²) in [6.45, 7) is 0.0258. The summed E-state index contributed by atoms with van der Waals surface area (Å²) in [5.74, 6) is 1.18. The third kappa shape index (κ3) is 3.93. The van der Waals surface area contributed by atoms with E-state index in [1.165, 1.54) is 13.4 Å². The number of ether oxygens (including phenoxy) is 1. The SMILES string of the molecule is COCC(=O)Nc1ccc(Nc2cc(-n3ccnc3)ncn2)cc1. The normalized spacial score (nSPS) is 10.4. The first kappa shape index (κ1) is 15.6. The van der Waals surface area contributed by atoms with E-state index in [0.29, 0.717) is 17.3 Å². The summed E-state index contributed by atoms with van der Waals surface area (Å²) in [5, 5.41) is 5.92. The molecule has 8 nitrogen and oxygen atoms in total. The maximum Gasteiger partial charge on any atom is 0.250 e. The van der Waals surface area contributed by atoms with E-state index in [0.717, 1.165) is 5.69 Å². The highest BCUT2D eigenvalue weighted by molar-refractivity contribution is 5.91. The molecule has 0 bridgehead atoms. The van der Waals surface area contributed by atoms with Gasteiger partial charge >= 0.3 is 0 Å². The molecular weight excluding hydrogens is 308 g/mol. The minimum atomic E-state index is -0.195. The Morgan fingerprint density at radius 2 is 2.00 bits per heavy atom. The third-order valence-corrected chi connectivity index (χ3v) is 3.14. The van der Waals surface area contributed by atoms with Gasteiger partial charge in [0.15, 0.2) is 0 Å². The molecule has 2 N–H and O–H groups in total. The predicted molar refractivity (Wildman–Crippen MR) is 89.4 cm³/mol. The molecule has 0 aliphatic rings. The lowest BCUT2D eigenvalue weighted by Gasteiger charge is -2.09. The fraction of sp³-hybridized carbons (Fsp3) is 0.125. The van der Waals surface area contributed by atoms with Crippen molar-refractivity contribution in [2.24, 2.45) is 0 Å². The maximum absolute atomic E-state index is 11.5. The number of hydrogen-bond donors (Lipinski definition) is 2. The van der Waals surface area contributed by atoms with Crippen LogP contribution in [0.5, 0.6) is 0 Å². The van der Waals surface area contributed by atoms with Gasteiger partial charge in [-0.2, -0.15) is 0 Å². The number of rotatable bonds is 6. The Labute approximate surface area is 138 Å². The molecule has 2 aromatic heterocycles. The van der Waals surface area contributed by atoms with E-state index in [1.807, 2.05) is 24.4 Å². The first-order chi connectivity index (χ1) is 11.7. The second-order valence-electron chi connectivity index (χ2n) is 4.91. The molecule has 0 fully saturated rings. The number of imidazole rings is 1. The van der Waals surface area contributed by atoms with Gasteiger partial charge in [-0.3, -0.25) is 9.36 Å². The van der Waals surface area contributed by atoms with Crippen molar-refractivity contribution in [3.63, 3.8) is 0 Å². The van der Waals surface area contributed by atoms with Gasteiger partial charge in [-0.1, -0.05) is 0 Å². The summed E-state index contributed by atoms with van der Waals surface area (Å²) in [4.78, 5) is 23.9. The Balaban J connectivity index is 1.68. The van der Waals surface area contributed by atoms with E-state index in [1.54, 1.807) is 29.2 Å². The van der Waals surface area contributed by atoms with Crippen LogP contribution in [0.25, 0.3) is 5.82 Å². The molecule has 122 valence electrons. The van der Waals surface area contributed by atoms with Crippen molar-refractivity contribution in [1.82, 2.24) is 19.5 Å². The zero-order valence-corrected chi connectivity index (χ0v) is 13.0. The summed E-state index contributed by atoms with van der Waals surface area (Å²) in [6.07, 6.45) is 6.65. The Morgan fingerprint density at radius 3 is 2.71 bits per heavy atom. The molecule has 0 spiro atoms. The quantitative estimate of drug-likeness (QED) is 0.720. The first-order valence-electron chi connectivity index (χ1n) is 7.21. The summed E-state index contributed by atoms with van der Waals surface area (Å²) in [5.41, 5.74) is 1.54. The Bertz CT molecular complexity index is 802. The van der Waals surface area contributed by atoms with E-state index >= 15 is 0 Å². The molecule has 3 aromatic rings. The number of carbonyl (C=O) groups excluding carboxylic acids is 1. The number of amides is 1. The van der Waals surface area contributed by atoms with E-state index < -0.39 is 0 Å². The maximum atomic E-state index is 11.5. The lowest BCUT2D eigenvalue weighted by Crippen LogP contribution is -2.16. The number of nitrogens with one attached hydrogen (secondary N) is 2. The number of anilines is 3. The molecule has 0 atom stereocenters. The van der Waals surface area contributed by atoms with E-state index in [-0.39, 0.29) is 12.5 Å². The number of aromatic nitrogens is 4. The van der Waals surface area contributed by atoms with Gasteiger partial charge in [-0.05, 0) is 24.3 Å². The molecule has 0 aliphatic carbocycles. The largest absolute Gasteiger partial charge is 0.375 e. The Hall–Kier alpha value is -3.26. The topological polar surface area (TPSA) is 94.0 Å². The van der Waals surface area contributed by atoms with Crippen molar-refractivity contribution in [2.75, 3.05) is 24.4 Å². The number of benzene rings is 1. The van der Waals surface area contributed by atoms with Gasteiger partial charge < -0.3 is 15.4 Å². The van der Waals surface area contributed by atoms with Crippen LogP contribution >= 0.6 is 0 Å². The highest BCUT2D eigenvalue weighted by Crippen LogP contribution is 2.18. The van der Waals surface area contributed by atoms with E-state index in [9.17, 15) is 4.79 Å². The molecule has 0 radical (unpaired) electrons. The van der Waals surface area contributed by atoms with Crippen LogP contribution in [0.1, 0.15) is 0 Å². The number of methoxy groups -OCH3 is 1. The third-order valence-electron chi connectivity index (χ3n) is 3.14. The van der Waals surface area contributed by atoms with Crippen LogP contribution in [-0.2, 0) is 9.53 Å². The smallest absolute Gasteiger partial charge is 0.250 e. The molecule has 2 heterocycles. The van der Waals surface area contributed by atoms with Gasteiger partial charge in [0.2, 0.25) is 5.91 Å². The zero-order valence-electron chi connectivity index (χ0n) is 13.0. The molecule has 0 aliphatic heterocycles. The van der Waals surface area contributed by atoms with Gasteiger partial charge in [0, 0.05) is 36.9 Å². The van der Waals surface area contributed by atoms with Crippen molar-refractivity contribution in [3.05, 3.63) is 55.4 Å². The second-order valence-corrected chi connectivity index (χ2v) is 4.91. The highest BCUT2D eigenvalue weighted by atomic mass is 16.5. The van der Waals surface area contributed by atoms with Crippen molar-refractivity contribution in [3.8, 4) is 5.82 Å². The average molecular weight is 324 g/mol. The molecule has 8 heteroatoms. The van der Waals surface area contributed by atoms with Gasteiger partial charge in [0.25, 0.3) is 0 Å². The van der Waals surface area contributed by atoms with Gasteiger partial charge in [0.1, 0.15) is 30.9 Å². The van der Waals surface area contributed by atoms with Crippen molar-refractivity contribution in [2.45, 2.75) is 0 Å². The summed E-state index contributed by atoms with van der Waals surface area (Å²) in [7, 11) is 1.48. The minimum Gasteiger partial charge on any atom is -0.375 e. The summed E-state index contributed by atoms with van der Waals surface area (Å²) < 4.78 is 6.57. The van der Waals surface area contributed by atoms with Crippen LogP contribution in [0.4, 0.5) is 17.2 Å². The fourth-order valence-corrected chi connectivity index (χ4v) is 2.06. The lowest BCUT2D eigenvalue weighted by atomic mass is 10.2. The predicted octanol–water partition coefficient (Wildman–Crippen LogP) is 1.99. The van der Waals surface area contributed by atoms with E-state index in [4.69, 9.17) is 4.74 Å². The minimum absolute atomic E-state index is 0.0258. The van der Waals surface area contributed by atoms with Crippen LogP contribution in [0.3, 0.4) is 0 Å². The number of carbonyl (C=O) groups is 1. The van der Waals surface area contributed by atoms with Crippen molar-refractivity contribution < 1.29 is 9.53 Å². The lowest BCUT2D eigenvalue weighted by molar-refractivity contribution is -0.119. The van der Waals surface area contributed by atoms with Crippen molar-refractivity contribution in [1.29, 1.82) is 0 Å². The van der Waals surface area contributed by atoms with Gasteiger partial charge in [0.05, 0.1) is 0 Å². The molecule has 3 rings (SSSR count). The molecule has 1 aromatic carbocycles. The molecular formula is C16H16N6O2. The van der Waals surface area contributed by atoms with Crippen molar-refractivity contribution >= 4 is 23.1 Å². The Morgan fingerprint density at radius 1 is 1.21 bits per heavy atom. The monoisotopic (exact) mass is 324 g/mol.